The molecule has 0 radical (unpaired) electrons. The summed E-state index contributed by atoms with van der Waals surface area (Å²) >= 11 is 0. The van der Waals surface area contributed by atoms with Crippen molar-refractivity contribution in [2.45, 2.75) is 13.8 Å². The van der Waals surface area contributed by atoms with Crippen LogP contribution < -0.4 is 5.32 Å². The topological polar surface area (TPSA) is 104 Å². The van der Waals surface area contributed by atoms with E-state index in [1.807, 2.05) is 0 Å². The number of ether oxygens (including phenoxy) is 2. The van der Waals surface area contributed by atoms with Crippen molar-refractivity contribution >= 4 is 29.3 Å². The van der Waals surface area contributed by atoms with Gasteiger partial charge in [-0.25, -0.2) is 9.59 Å². The average molecular weight is 372 g/mol. The number of rotatable bonds is 7. The predicted octanol–water partition coefficient (Wildman–Crippen LogP) is 2.20. The number of hydrogen-bond donors (Lipinski definition) is 1. The fraction of sp³-hybridized carbons (Fsp3) is 0.263. The summed E-state index contributed by atoms with van der Waals surface area (Å²) in [6, 6.07) is 7.54. The largest absolute Gasteiger partial charge is 0.462 e. The first-order valence-corrected chi connectivity index (χ1v) is 8.23. The first-order chi connectivity index (χ1) is 12.8. The standard InChI is InChI=1S/C19H20N2O6/c1-4-26-18(24)13-5-7-15(8-6-13)20-17(23)11-27-19(25)16-9-14(12(2)22)10-21(16)3/h5-10H,4,11H2,1-3H3,(H,20,23). The van der Waals surface area contributed by atoms with Gasteiger partial charge in [-0.3, -0.25) is 9.59 Å². The van der Waals surface area contributed by atoms with Crippen LogP contribution in [0.15, 0.2) is 36.5 Å². The molecule has 1 N–H and O–H groups in total. The highest BCUT2D eigenvalue weighted by molar-refractivity contribution is 5.99. The molecule has 0 saturated heterocycles. The molecule has 0 unspecified atom stereocenters. The van der Waals surface area contributed by atoms with Crippen LogP contribution in [-0.4, -0.2) is 41.4 Å². The van der Waals surface area contributed by atoms with Gasteiger partial charge in [-0.2, -0.15) is 0 Å². The molecular weight excluding hydrogens is 352 g/mol. The van der Waals surface area contributed by atoms with Crippen molar-refractivity contribution in [3.05, 3.63) is 53.3 Å². The maximum absolute atomic E-state index is 12.1. The number of benzene rings is 1. The van der Waals surface area contributed by atoms with Gasteiger partial charge in [0, 0.05) is 24.5 Å². The molecule has 0 atom stereocenters. The monoisotopic (exact) mass is 372 g/mol. The number of carbonyl (C=O) groups is 4. The van der Waals surface area contributed by atoms with Gasteiger partial charge in [0.2, 0.25) is 0 Å². The molecule has 8 heteroatoms. The Labute approximate surface area is 156 Å². The second-order valence-electron chi connectivity index (χ2n) is 5.70. The molecule has 0 aliphatic carbocycles. The van der Waals surface area contributed by atoms with Gasteiger partial charge in [-0.15, -0.1) is 0 Å². The van der Waals surface area contributed by atoms with E-state index in [-0.39, 0.29) is 18.1 Å². The number of nitrogens with one attached hydrogen (secondary N) is 1. The molecule has 0 bridgehead atoms. The minimum atomic E-state index is -0.710. The van der Waals surface area contributed by atoms with Gasteiger partial charge in [0.1, 0.15) is 5.69 Å². The molecule has 0 aliphatic rings. The number of anilines is 1. The van der Waals surface area contributed by atoms with E-state index in [1.54, 1.807) is 26.1 Å². The van der Waals surface area contributed by atoms with Gasteiger partial charge < -0.3 is 19.4 Å². The molecule has 1 aromatic heterocycles. The highest BCUT2D eigenvalue weighted by Crippen LogP contribution is 2.12. The molecule has 2 aromatic rings. The van der Waals surface area contributed by atoms with Gasteiger partial charge in [0.05, 0.1) is 12.2 Å². The van der Waals surface area contributed by atoms with Crippen LogP contribution in [0, 0.1) is 0 Å². The zero-order valence-corrected chi connectivity index (χ0v) is 15.3. The Bertz CT molecular complexity index is 867. The summed E-state index contributed by atoms with van der Waals surface area (Å²) in [5, 5.41) is 2.56. The number of aromatic nitrogens is 1. The Balaban J connectivity index is 1.89. The molecule has 8 nitrogen and oxygen atoms in total. The highest BCUT2D eigenvalue weighted by Gasteiger charge is 2.16. The van der Waals surface area contributed by atoms with Crippen LogP contribution in [0.25, 0.3) is 0 Å². The van der Waals surface area contributed by atoms with Crippen LogP contribution >= 0.6 is 0 Å². The van der Waals surface area contributed by atoms with E-state index in [0.29, 0.717) is 16.8 Å². The van der Waals surface area contributed by atoms with Crippen molar-refractivity contribution in [3.8, 4) is 0 Å². The lowest BCUT2D eigenvalue weighted by molar-refractivity contribution is -0.119. The maximum Gasteiger partial charge on any atom is 0.355 e. The second-order valence-corrected chi connectivity index (χ2v) is 5.70. The fourth-order valence-corrected chi connectivity index (χ4v) is 2.27. The van der Waals surface area contributed by atoms with E-state index in [1.165, 1.54) is 35.9 Å². The fourth-order valence-electron chi connectivity index (χ4n) is 2.27. The Morgan fingerprint density at radius 3 is 2.22 bits per heavy atom. The molecule has 0 spiro atoms. The van der Waals surface area contributed by atoms with E-state index in [0.717, 1.165) is 0 Å². The van der Waals surface area contributed by atoms with E-state index < -0.39 is 24.5 Å². The van der Waals surface area contributed by atoms with Crippen molar-refractivity contribution in [2.75, 3.05) is 18.5 Å². The minimum Gasteiger partial charge on any atom is -0.462 e. The number of amides is 1. The molecule has 27 heavy (non-hydrogen) atoms. The lowest BCUT2D eigenvalue weighted by Crippen LogP contribution is -2.21. The lowest BCUT2D eigenvalue weighted by atomic mass is 10.2. The van der Waals surface area contributed by atoms with Crippen LogP contribution in [0.3, 0.4) is 0 Å². The summed E-state index contributed by atoms with van der Waals surface area (Å²) in [5.41, 5.74) is 1.37. The summed E-state index contributed by atoms with van der Waals surface area (Å²) < 4.78 is 11.3. The molecule has 0 fully saturated rings. The zero-order chi connectivity index (χ0) is 20.0. The molecule has 1 amide bonds. The van der Waals surface area contributed by atoms with E-state index in [2.05, 4.69) is 5.32 Å². The molecule has 1 heterocycles. The molecule has 142 valence electrons. The quantitative estimate of drug-likeness (QED) is 0.590. The number of Topliss-reactive ketones (excluding diaryl/α,β-unsaturated/α-hetero) is 1. The highest BCUT2D eigenvalue weighted by atomic mass is 16.5. The number of ketones is 1. The number of esters is 2. The Kier molecular flexibility index (Phi) is 6.48. The Morgan fingerprint density at radius 2 is 1.67 bits per heavy atom. The normalized spacial score (nSPS) is 10.2. The summed E-state index contributed by atoms with van der Waals surface area (Å²) in [5.74, 6) is -1.86. The van der Waals surface area contributed by atoms with Crippen molar-refractivity contribution in [2.24, 2.45) is 7.05 Å². The predicted molar refractivity (Wildman–Crippen MR) is 96.7 cm³/mol. The zero-order valence-electron chi connectivity index (χ0n) is 15.3. The van der Waals surface area contributed by atoms with Crippen LogP contribution in [0.4, 0.5) is 5.69 Å². The van der Waals surface area contributed by atoms with Crippen LogP contribution in [0.1, 0.15) is 45.1 Å². The third-order valence-corrected chi connectivity index (χ3v) is 3.63. The summed E-state index contributed by atoms with van der Waals surface area (Å²) in [4.78, 5) is 46.9. The number of carbonyl (C=O) groups excluding carboxylic acids is 4. The number of hydrogen-bond acceptors (Lipinski definition) is 6. The second kappa shape index (κ2) is 8.79. The van der Waals surface area contributed by atoms with E-state index in [4.69, 9.17) is 9.47 Å². The minimum absolute atomic E-state index is 0.173. The van der Waals surface area contributed by atoms with Crippen molar-refractivity contribution in [1.82, 2.24) is 4.57 Å². The molecule has 0 aliphatic heterocycles. The molecular formula is C19H20N2O6. The van der Waals surface area contributed by atoms with Crippen LogP contribution in [-0.2, 0) is 21.3 Å². The van der Waals surface area contributed by atoms with Gasteiger partial charge in [0.15, 0.2) is 12.4 Å². The maximum atomic E-state index is 12.1. The lowest BCUT2D eigenvalue weighted by Gasteiger charge is -2.08. The van der Waals surface area contributed by atoms with Crippen LogP contribution in [0.5, 0.6) is 0 Å². The van der Waals surface area contributed by atoms with Gasteiger partial charge in [-0.05, 0) is 44.2 Å². The SMILES string of the molecule is CCOC(=O)c1ccc(NC(=O)COC(=O)c2cc(C(C)=O)cn2C)cc1. The number of aryl methyl sites for hydroxylation is 1. The first kappa shape index (κ1) is 19.9. The molecule has 1 aromatic carbocycles. The Morgan fingerprint density at radius 1 is 1.00 bits per heavy atom. The Hall–Kier alpha value is -3.42. The molecule has 2 rings (SSSR count). The van der Waals surface area contributed by atoms with E-state index >= 15 is 0 Å². The summed E-state index contributed by atoms with van der Waals surface area (Å²) in [6.07, 6.45) is 1.52. The van der Waals surface area contributed by atoms with Crippen molar-refractivity contribution in [1.29, 1.82) is 0 Å². The van der Waals surface area contributed by atoms with Gasteiger partial charge >= 0.3 is 11.9 Å². The third kappa shape index (κ3) is 5.27. The van der Waals surface area contributed by atoms with Crippen LogP contribution in [0.2, 0.25) is 0 Å². The smallest absolute Gasteiger partial charge is 0.355 e. The van der Waals surface area contributed by atoms with E-state index in [9.17, 15) is 19.2 Å². The summed E-state index contributed by atoms with van der Waals surface area (Å²) in [7, 11) is 1.61. The first-order valence-electron chi connectivity index (χ1n) is 8.23. The number of nitrogens with zero attached hydrogens (tertiary/aromatic N) is 1. The van der Waals surface area contributed by atoms with Gasteiger partial charge in [-0.1, -0.05) is 0 Å². The third-order valence-electron chi connectivity index (χ3n) is 3.63. The molecule has 0 saturated carbocycles. The van der Waals surface area contributed by atoms with Crippen molar-refractivity contribution < 1.29 is 28.7 Å². The van der Waals surface area contributed by atoms with Gasteiger partial charge in [0.25, 0.3) is 5.91 Å². The van der Waals surface area contributed by atoms with Crippen molar-refractivity contribution in [3.63, 3.8) is 0 Å². The summed E-state index contributed by atoms with van der Waals surface area (Å²) in [6.45, 7) is 2.89. The average Bonchev–Trinajstić information content (AvgIpc) is 3.03.